The number of hydrogen-bond donors (Lipinski definition) is 2. The number of sulfone groups is 1. The molecule has 1 aliphatic heterocycles. The fourth-order valence-electron chi connectivity index (χ4n) is 2.65. The van der Waals surface area contributed by atoms with E-state index in [2.05, 4.69) is 10.6 Å². The summed E-state index contributed by atoms with van der Waals surface area (Å²) in [7, 11) is -2.98. The van der Waals surface area contributed by atoms with Gasteiger partial charge in [-0.05, 0) is 30.4 Å². The smallest absolute Gasteiger partial charge is 0.319 e. The average Bonchev–Trinajstić information content (AvgIpc) is 2.77. The van der Waals surface area contributed by atoms with Crippen LogP contribution in [0.15, 0.2) is 18.2 Å². The van der Waals surface area contributed by atoms with Crippen LogP contribution in [0.5, 0.6) is 0 Å². The van der Waals surface area contributed by atoms with E-state index in [-0.39, 0.29) is 23.6 Å². The molecule has 1 aliphatic rings. The maximum Gasteiger partial charge on any atom is 0.319 e. The molecule has 1 heterocycles. The molecule has 21 heavy (non-hydrogen) atoms. The van der Waals surface area contributed by atoms with Crippen molar-refractivity contribution in [2.75, 3.05) is 16.8 Å². The lowest BCUT2D eigenvalue weighted by Crippen LogP contribution is -2.39. The standard InChI is InChI=1S/C15H22N2O3S/c1-3-11-6-5-7-12(4-2)14(11)17-15(18)16-13-8-9-21(19,20)10-13/h5-7,13H,3-4,8-10H2,1-2H3,(H2,16,17,18). The summed E-state index contributed by atoms with van der Waals surface area (Å²) >= 11 is 0. The first-order valence-electron chi connectivity index (χ1n) is 7.34. The summed E-state index contributed by atoms with van der Waals surface area (Å²) in [4.78, 5) is 12.1. The van der Waals surface area contributed by atoms with Crippen molar-refractivity contribution in [2.24, 2.45) is 0 Å². The number of nitrogens with one attached hydrogen (secondary N) is 2. The van der Waals surface area contributed by atoms with Crippen LogP contribution < -0.4 is 10.6 Å². The Kier molecular flexibility index (Phi) is 4.88. The Morgan fingerprint density at radius 2 is 1.86 bits per heavy atom. The van der Waals surface area contributed by atoms with Gasteiger partial charge in [0.25, 0.3) is 0 Å². The largest absolute Gasteiger partial charge is 0.334 e. The van der Waals surface area contributed by atoms with E-state index in [1.54, 1.807) is 0 Å². The fraction of sp³-hybridized carbons (Fsp3) is 0.533. The molecule has 2 N–H and O–H groups in total. The Bertz CT molecular complexity index is 604. The van der Waals surface area contributed by atoms with Gasteiger partial charge in [0.15, 0.2) is 9.84 Å². The zero-order valence-corrected chi connectivity index (χ0v) is 13.3. The van der Waals surface area contributed by atoms with Gasteiger partial charge in [0.1, 0.15) is 0 Å². The lowest BCUT2D eigenvalue weighted by atomic mass is 10.0. The van der Waals surface area contributed by atoms with Crippen LogP contribution in [0.25, 0.3) is 0 Å². The minimum absolute atomic E-state index is 0.0382. The molecule has 0 saturated carbocycles. The molecule has 0 bridgehead atoms. The summed E-state index contributed by atoms with van der Waals surface area (Å²) in [6.45, 7) is 4.09. The molecule has 5 nitrogen and oxygen atoms in total. The van der Waals surface area contributed by atoms with E-state index in [1.165, 1.54) is 0 Å². The third-order valence-electron chi connectivity index (χ3n) is 3.81. The fourth-order valence-corrected chi connectivity index (χ4v) is 4.32. The molecule has 2 amide bonds. The maximum atomic E-state index is 12.1. The number of carbonyl (C=O) groups excluding carboxylic acids is 1. The summed E-state index contributed by atoms with van der Waals surface area (Å²) in [5.41, 5.74) is 3.02. The minimum atomic E-state index is -2.98. The molecule has 116 valence electrons. The third kappa shape index (κ3) is 3.97. The molecule has 0 spiro atoms. The van der Waals surface area contributed by atoms with Crippen LogP contribution >= 0.6 is 0 Å². The van der Waals surface area contributed by atoms with Gasteiger partial charge in [-0.1, -0.05) is 32.0 Å². The first kappa shape index (κ1) is 15.8. The molecule has 2 rings (SSSR count). The molecule has 1 fully saturated rings. The zero-order chi connectivity index (χ0) is 15.5. The number of rotatable bonds is 4. The van der Waals surface area contributed by atoms with Crippen molar-refractivity contribution in [1.82, 2.24) is 5.32 Å². The Morgan fingerprint density at radius 3 is 2.33 bits per heavy atom. The summed E-state index contributed by atoms with van der Waals surface area (Å²) in [5, 5.41) is 5.65. The van der Waals surface area contributed by atoms with E-state index < -0.39 is 9.84 Å². The summed E-state index contributed by atoms with van der Waals surface area (Å²) in [6, 6.07) is 5.37. The van der Waals surface area contributed by atoms with Gasteiger partial charge in [-0.2, -0.15) is 0 Å². The van der Waals surface area contributed by atoms with E-state index in [4.69, 9.17) is 0 Å². The molecule has 1 aromatic carbocycles. The normalized spacial score (nSPS) is 20.2. The molecule has 0 aliphatic carbocycles. The van der Waals surface area contributed by atoms with E-state index in [0.717, 1.165) is 29.7 Å². The Balaban J connectivity index is 2.06. The van der Waals surface area contributed by atoms with E-state index in [0.29, 0.717) is 6.42 Å². The quantitative estimate of drug-likeness (QED) is 0.894. The van der Waals surface area contributed by atoms with Crippen molar-refractivity contribution in [3.05, 3.63) is 29.3 Å². The van der Waals surface area contributed by atoms with Gasteiger partial charge in [0.05, 0.1) is 11.5 Å². The van der Waals surface area contributed by atoms with Crippen molar-refractivity contribution < 1.29 is 13.2 Å². The average molecular weight is 310 g/mol. The molecular formula is C15H22N2O3S. The highest BCUT2D eigenvalue weighted by Crippen LogP contribution is 2.22. The topological polar surface area (TPSA) is 75.3 Å². The molecule has 0 radical (unpaired) electrons. The Hall–Kier alpha value is -1.56. The van der Waals surface area contributed by atoms with Gasteiger partial charge < -0.3 is 10.6 Å². The summed E-state index contributed by atoms with van der Waals surface area (Å²) in [5.74, 6) is 0.195. The van der Waals surface area contributed by atoms with Crippen molar-refractivity contribution >= 4 is 21.6 Å². The van der Waals surface area contributed by atoms with Gasteiger partial charge >= 0.3 is 6.03 Å². The second-order valence-corrected chi connectivity index (χ2v) is 7.59. The SMILES string of the molecule is CCc1cccc(CC)c1NC(=O)NC1CCS(=O)(=O)C1. The highest BCUT2D eigenvalue weighted by Gasteiger charge is 2.29. The van der Waals surface area contributed by atoms with Crippen molar-refractivity contribution in [3.8, 4) is 0 Å². The van der Waals surface area contributed by atoms with E-state index in [9.17, 15) is 13.2 Å². The van der Waals surface area contributed by atoms with Crippen LogP contribution in [0, 0.1) is 0 Å². The predicted octanol–water partition coefficient (Wildman–Crippen LogP) is 2.12. The van der Waals surface area contributed by atoms with Crippen LogP contribution in [-0.2, 0) is 22.7 Å². The predicted molar refractivity (Wildman–Crippen MR) is 84.4 cm³/mol. The number of anilines is 1. The Labute approximate surface area is 126 Å². The van der Waals surface area contributed by atoms with Crippen molar-refractivity contribution in [3.63, 3.8) is 0 Å². The van der Waals surface area contributed by atoms with Crippen LogP contribution in [0.3, 0.4) is 0 Å². The van der Waals surface area contributed by atoms with Crippen LogP contribution in [-0.4, -0.2) is 32.0 Å². The third-order valence-corrected chi connectivity index (χ3v) is 5.57. The van der Waals surface area contributed by atoms with E-state index in [1.807, 2.05) is 32.0 Å². The number of amides is 2. The maximum absolute atomic E-state index is 12.1. The molecular weight excluding hydrogens is 288 g/mol. The van der Waals surface area contributed by atoms with Gasteiger partial charge in [-0.15, -0.1) is 0 Å². The number of benzene rings is 1. The molecule has 0 aromatic heterocycles. The van der Waals surface area contributed by atoms with Gasteiger partial charge in [-0.3, -0.25) is 0 Å². The summed E-state index contributed by atoms with van der Waals surface area (Å²) in [6.07, 6.45) is 2.16. The van der Waals surface area contributed by atoms with Gasteiger partial charge in [0, 0.05) is 11.7 Å². The lowest BCUT2D eigenvalue weighted by molar-refractivity contribution is 0.249. The summed E-state index contributed by atoms with van der Waals surface area (Å²) < 4.78 is 22.8. The number of para-hydroxylation sites is 1. The molecule has 1 unspecified atom stereocenters. The second kappa shape index (κ2) is 6.47. The number of aryl methyl sites for hydroxylation is 2. The minimum Gasteiger partial charge on any atom is -0.334 e. The highest BCUT2D eigenvalue weighted by atomic mass is 32.2. The molecule has 1 aromatic rings. The number of urea groups is 1. The second-order valence-electron chi connectivity index (χ2n) is 5.36. The number of carbonyl (C=O) groups is 1. The van der Waals surface area contributed by atoms with Crippen LogP contribution in [0.1, 0.15) is 31.4 Å². The number of hydrogen-bond acceptors (Lipinski definition) is 3. The van der Waals surface area contributed by atoms with Crippen LogP contribution in [0.4, 0.5) is 10.5 Å². The van der Waals surface area contributed by atoms with E-state index >= 15 is 0 Å². The first-order valence-corrected chi connectivity index (χ1v) is 9.16. The monoisotopic (exact) mass is 310 g/mol. The molecule has 1 saturated heterocycles. The van der Waals surface area contributed by atoms with Crippen molar-refractivity contribution in [2.45, 2.75) is 39.2 Å². The molecule has 6 heteroatoms. The highest BCUT2D eigenvalue weighted by molar-refractivity contribution is 7.91. The Morgan fingerprint density at radius 1 is 1.24 bits per heavy atom. The van der Waals surface area contributed by atoms with Gasteiger partial charge in [-0.25, -0.2) is 13.2 Å². The zero-order valence-electron chi connectivity index (χ0n) is 12.5. The molecule has 1 atom stereocenters. The van der Waals surface area contributed by atoms with Crippen LogP contribution in [0.2, 0.25) is 0 Å². The first-order chi connectivity index (χ1) is 9.95. The van der Waals surface area contributed by atoms with Gasteiger partial charge in [0.2, 0.25) is 0 Å². The van der Waals surface area contributed by atoms with Crippen molar-refractivity contribution in [1.29, 1.82) is 0 Å². The lowest BCUT2D eigenvalue weighted by Gasteiger charge is -2.17.